The lowest BCUT2D eigenvalue weighted by Crippen LogP contribution is -2.37. The molecule has 0 saturated carbocycles. The highest BCUT2D eigenvalue weighted by atomic mass is 31.2. The zero-order valence-corrected chi connectivity index (χ0v) is 34.6. The Labute approximate surface area is 319 Å². The van der Waals surface area contributed by atoms with Crippen molar-refractivity contribution < 1.29 is 37.3 Å². The Hall–Kier alpha value is -2.06. The van der Waals surface area contributed by atoms with Crippen molar-refractivity contribution in [1.82, 2.24) is 0 Å². The third kappa shape index (κ3) is 39.2. The van der Waals surface area contributed by atoms with Gasteiger partial charge in [0.2, 0.25) is 0 Å². The van der Waals surface area contributed by atoms with Crippen LogP contribution in [0, 0.1) is 0 Å². The summed E-state index contributed by atoms with van der Waals surface area (Å²) in [5, 5.41) is 0. The van der Waals surface area contributed by atoms with Crippen LogP contribution in [0.4, 0.5) is 0 Å². The lowest BCUT2D eigenvalue weighted by molar-refractivity contribution is -0.870. The molecule has 0 aliphatic rings. The van der Waals surface area contributed by atoms with Gasteiger partial charge in [-0.1, -0.05) is 125 Å². The number of hydrogen-bond donors (Lipinski definition) is 0. The molecular weight excluding hydrogens is 673 g/mol. The van der Waals surface area contributed by atoms with Gasteiger partial charge in [-0.05, 0) is 77.0 Å². The molecule has 0 rings (SSSR count). The Morgan fingerprint density at radius 3 is 1.67 bits per heavy atom. The number of allylic oxidation sites excluding steroid dienone is 12. The Morgan fingerprint density at radius 2 is 1.12 bits per heavy atom. The molecule has 0 aromatic carbocycles. The first-order valence-corrected chi connectivity index (χ1v) is 21.6. The molecule has 0 saturated heterocycles. The van der Waals surface area contributed by atoms with Crippen LogP contribution >= 0.6 is 7.82 Å². The molecule has 0 heterocycles. The molecule has 0 bridgehead atoms. The number of hydrogen-bond acceptors (Lipinski definition) is 7. The smallest absolute Gasteiger partial charge is 0.306 e. The number of phosphoric ester groups is 1. The molecule has 0 fully saturated rings. The van der Waals surface area contributed by atoms with E-state index >= 15 is 0 Å². The Morgan fingerprint density at radius 1 is 0.615 bits per heavy atom. The number of rotatable bonds is 36. The van der Waals surface area contributed by atoms with Crippen molar-refractivity contribution >= 4 is 13.8 Å². The predicted octanol–water partition coefficient (Wildman–Crippen LogP) is 10.9. The van der Waals surface area contributed by atoms with Crippen LogP contribution in [0.3, 0.4) is 0 Å². The summed E-state index contributed by atoms with van der Waals surface area (Å²) in [5.41, 5.74) is 0. The van der Waals surface area contributed by atoms with Crippen LogP contribution in [0.5, 0.6) is 0 Å². The van der Waals surface area contributed by atoms with E-state index in [1.54, 1.807) is 0 Å². The van der Waals surface area contributed by atoms with Gasteiger partial charge in [-0.3, -0.25) is 9.36 Å². The largest absolute Gasteiger partial charge is 0.756 e. The summed E-state index contributed by atoms with van der Waals surface area (Å²) < 4.78 is 34.4. The molecule has 2 unspecified atom stereocenters. The Kier molecular flexibility index (Phi) is 34.5. The molecule has 300 valence electrons. The zero-order chi connectivity index (χ0) is 38.4. The van der Waals surface area contributed by atoms with E-state index in [1.165, 1.54) is 19.3 Å². The number of quaternary nitrogens is 1. The van der Waals surface area contributed by atoms with Gasteiger partial charge < -0.3 is 27.9 Å². The van der Waals surface area contributed by atoms with Gasteiger partial charge in [0.1, 0.15) is 19.3 Å². The van der Waals surface area contributed by atoms with Crippen molar-refractivity contribution in [3.8, 4) is 0 Å². The highest BCUT2D eigenvalue weighted by Crippen LogP contribution is 2.38. The maximum absolute atomic E-state index is 12.6. The average molecular weight is 750 g/mol. The van der Waals surface area contributed by atoms with Gasteiger partial charge in [0.15, 0.2) is 0 Å². The normalized spacial score (nSPS) is 14.7. The summed E-state index contributed by atoms with van der Waals surface area (Å²) in [5.74, 6) is -0.364. The third-order valence-corrected chi connectivity index (χ3v) is 8.96. The summed E-state index contributed by atoms with van der Waals surface area (Å²) in [6, 6.07) is 0. The number of carbonyl (C=O) groups excluding carboxylic acids is 1. The van der Waals surface area contributed by atoms with Crippen LogP contribution < -0.4 is 4.89 Å². The number of phosphoric acid groups is 1. The molecule has 0 aliphatic heterocycles. The summed E-state index contributed by atoms with van der Waals surface area (Å²) >= 11 is 0. The maximum Gasteiger partial charge on any atom is 0.306 e. The molecule has 0 N–H and O–H groups in total. The van der Waals surface area contributed by atoms with E-state index < -0.39 is 13.9 Å². The molecule has 0 amide bonds. The average Bonchev–Trinajstić information content (AvgIpc) is 3.09. The van der Waals surface area contributed by atoms with Crippen LogP contribution in [-0.4, -0.2) is 70.7 Å². The first kappa shape index (κ1) is 49.9. The molecular formula is C43H76NO7P. The number of carbonyl (C=O) groups is 1. The van der Waals surface area contributed by atoms with E-state index in [0.717, 1.165) is 96.3 Å². The second kappa shape index (κ2) is 35.9. The third-order valence-electron chi connectivity index (χ3n) is 7.99. The number of nitrogens with zero attached hydrogens (tertiary/aromatic N) is 1. The van der Waals surface area contributed by atoms with Gasteiger partial charge in [-0.2, -0.15) is 0 Å². The quantitative estimate of drug-likeness (QED) is 0.0207. The SMILES string of the molecule is CC/C=C\C/C=C\C/C=C\C/C=C\CCCCCOCC(COP(=O)([O-])OCC[N+](C)(C)C)OC(=O)CCCCCCC/C=C\C/C=C\CCCC. The number of ether oxygens (including phenoxy) is 2. The first-order valence-electron chi connectivity index (χ1n) is 20.2. The van der Waals surface area contributed by atoms with Crippen molar-refractivity contribution in [3.63, 3.8) is 0 Å². The molecule has 52 heavy (non-hydrogen) atoms. The summed E-state index contributed by atoms with van der Waals surface area (Å²) in [6.07, 6.45) is 44.8. The molecule has 0 aromatic heterocycles. The van der Waals surface area contributed by atoms with E-state index in [0.29, 0.717) is 17.6 Å². The van der Waals surface area contributed by atoms with Gasteiger partial charge >= 0.3 is 5.97 Å². The van der Waals surface area contributed by atoms with E-state index in [9.17, 15) is 14.3 Å². The predicted molar refractivity (Wildman–Crippen MR) is 217 cm³/mol. The van der Waals surface area contributed by atoms with Crippen LogP contribution in [0.1, 0.15) is 136 Å². The number of likely N-dealkylation sites (N-methyl/N-ethyl adjacent to an activating group) is 1. The fourth-order valence-electron chi connectivity index (χ4n) is 4.85. The van der Waals surface area contributed by atoms with E-state index in [1.807, 2.05) is 21.1 Å². The second-order valence-corrected chi connectivity index (χ2v) is 15.7. The Balaban J connectivity index is 4.39. The fourth-order valence-corrected chi connectivity index (χ4v) is 5.57. The maximum atomic E-state index is 12.6. The summed E-state index contributed by atoms with van der Waals surface area (Å²) in [6.45, 7) is 5.12. The second-order valence-electron chi connectivity index (χ2n) is 14.3. The van der Waals surface area contributed by atoms with Crippen molar-refractivity contribution in [2.45, 2.75) is 142 Å². The molecule has 0 aliphatic carbocycles. The lowest BCUT2D eigenvalue weighted by Gasteiger charge is -2.28. The van der Waals surface area contributed by atoms with Crippen molar-refractivity contribution in [1.29, 1.82) is 0 Å². The topological polar surface area (TPSA) is 94.1 Å². The first-order chi connectivity index (χ1) is 25.1. The van der Waals surface area contributed by atoms with Gasteiger partial charge in [-0.25, -0.2) is 0 Å². The van der Waals surface area contributed by atoms with Gasteiger partial charge in [0, 0.05) is 13.0 Å². The number of unbranched alkanes of at least 4 members (excludes halogenated alkanes) is 10. The lowest BCUT2D eigenvalue weighted by atomic mass is 10.1. The molecule has 0 aromatic rings. The molecule has 9 heteroatoms. The van der Waals surface area contributed by atoms with Crippen LogP contribution in [-0.2, 0) is 27.9 Å². The molecule has 2 atom stereocenters. The summed E-state index contributed by atoms with van der Waals surface area (Å²) in [4.78, 5) is 25.0. The van der Waals surface area contributed by atoms with Crippen molar-refractivity contribution in [2.24, 2.45) is 0 Å². The standard InChI is InChI=1S/C43H76NO7P/c1-6-8-10-12-14-16-18-20-22-23-25-27-29-31-33-35-38-48-40-42(41-50-52(46,47)49-39-37-44(3,4)5)51-43(45)36-34-32-30-28-26-24-21-19-17-15-13-11-9-7-2/h8,10,13-16,19-22,25,27,42H,6-7,9,11-12,17-18,23-24,26,28-41H2,1-5H3/b10-8-,15-13-,16-14-,21-19-,22-20-,27-25-. The Bertz CT molecular complexity index is 1060. The van der Waals surface area contributed by atoms with Crippen LogP contribution in [0.15, 0.2) is 72.9 Å². The van der Waals surface area contributed by atoms with Gasteiger partial charge in [0.25, 0.3) is 7.82 Å². The van der Waals surface area contributed by atoms with Gasteiger partial charge in [-0.15, -0.1) is 0 Å². The highest BCUT2D eigenvalue weighted by molar-refractivity contribution is 7.45. The summed E-state index contributed by atoms with van der Waals surface area (Å²) in [7, 11) is 1.31. The molecule has 0 spiro atoms. The van der Waals surface area contributed by atoms with Crippen molar-refractivity contribution in [2.75, 3.05) is 54.1 Å². The minimum absolute atomic E-state index is 0.0128. The van der Waals surface area contributed by atoms with Gasteiger partial charge in [0.05, 0.1) is 34.4 Å². The van der Waals surface area contributed by atoms with E-state index in [-0.39, 0.29) is 32.2 Å². The fraction of sp³-hybridized carbons (Fsp3) is 0.698. The van der Waals surface area contributed by atoms with E-state index in [4.69, 9.17) is 18.5 Å². The zero-order valence-electron chi connectivity index (χ0n) is 33.7. The minimum atomic E-state index is -4.54. The van der Waals surface area contributed by atoms with E-state index in [2.05, 4.69) is 86.8 Å². The van der Waals surface area contributed by atoms with Crippen molar-refractivity contribution in [3.05, 3.63) is 72.9 Å². The highest BCUT2D eigenvalue weighted by Gasteiger charge is 2.20. The van der Waals surface area contributed by atoms with Crippen LogP contribution in [0.25, 0.3) is 0 Å². The molecule has 8 nitrogen and oxygen atoms in total. The van der Waals surface area contributed by atoms with Crippen LogP contribution in [0.2, 0.25) is 0 Å². The molecule has 0 radical (unpaired) electrons. The number of esters is 1. The monoisotopic (exact) mass is 750 g/mol. The minimum Gasteiger partial charge on any atom is -0.756 e.